The number of ether oxygens (including phenoxy) is 1. The van der Waals surface area contributed by atoms with E-state index < -0.39 is 42.3 Å². The summed E-state index contributed by atoms with van der Waals surface area (Å²) in [6.07, 6.45) is 2.54. The average molecular weight is 540 g/mol. The van der Waals surface area contributed by atoms with Crippen molar-refractivity contribution in [2.45, 2.75) is 71.0 Å². The lowest BCUT2D eigenvalue weighted by atomic mass is 9.79. The molecule has 1 aliphatic heterocycles. The molecule has 7 nitrogen and oxygen atoms in total. The third-order valence-electron chi connectivity index (χ3n) is 7.03. The quantitative estimate of drug-likeness (QED) is 0.413. The van der Waals surface area contributed by atoms with Crippen LogP contribution in [0.2, 0.25) is 0 Å². The fourth-order valence-corrected chi connectivity index (χ4v) is 4.69. The van der Waals surface area contributed by atoms with Crippen molar-refractivity contribution < 1.29 is 27.9 Å². The Labute approximate surface area is 228 Å². The molecule has 1 heterocycles. The van der Waals surface area contributed by atoms with Crippen LogP contribution in [0, 0.1) is 17.8 Å². The molecule has 2 aromatic rings. The van der Waals surface area contributed by atoms with Crippen LogP contribution in [0.5, 0.6) is 5.75 Å². The second-order valence-corrected chi connectivity index (χ2v) is 10.4. The summed E-state index contributed by atoms with van der Waals surface area (Å²) in [4.78, 5) is 41.3. The van der Waals surface area contributed by atoms with Crippen molar-refractivity contribution in [2.24, 2.45) is 5.41 Å². The maximum Gasteiger partial charge on any atom is 0.413 e. The zero-order chi connectivity index (χ0) is 28.6. The molecule has 3 rings (SSSR count). The number of hydrogen-bond donors (Lipinski definition) is 2. The molecule has 1 fully saturated rings. The van der Waals surface area contributed by atoms with E-state index in [1.165, 1.54) is 4.90 Å². The maximum absolute atomic E-state index is 13.8. The summed E-state index contributed by atoms with van der Waals surface area (Å²) < 4.78 is 31.5. The number of carbonyl (C=O) groups excluding carboxylic acids is 3. The van der Waals surface area contributed by atoms with E-state index in [1.54, 1.807) is 56.3 Å². The number of amides is 3. The Bertz CT molecular complexity index is 1180. The van der Waals surface area contributed by atoms with Crippen LogP contribution in [0.25, 0.3) is 0 Å². The highest BCUT2D eigenvalue weighted by molar-refractivity contribution is 5.92. The van der Waals surface area contributed by atoms with Gasteiger partial charge in [0, 0.05) is 18.5 Å². The van der Waals surface area contributed by atoms with Gasteiger partial charge in [0.15, 0.2) is 0 Å². The predicted molar refractivity (Wildman–Crippen MR) is 144 cm³/mol. The number of alkyl halides is 2. The largest absolute Gasteiger partial charge is 0.413 e. The third-order valence-corrected chi connectivity index (χ3v) is 7.03. The van der Waals surface area contributed by atoms with Gasteiger partial charge < -0.3 is 20.3 Å². The number of halogens is 2. The number of nitrogens with zero attached hydrogens (tertiary/aromatic N) is 1. The highest BCUT2D eigenvalue weighted by Gasteiger charge is 2.44. The molecule has 0 radical (unpaired) electrons. The molecule has 0 spiro atoms. The number of hydrogen-bond acceptors (Lipinski definition) is 4. The van der Waals surface area contributed by atoms with Gasteiger partial charge >= 0.3 is 6.09 Å². The van der Waals surface area contributed by atoms with Crippen LogP contribution in [0.4, 0.5) is 13.6 Å². The molecule has 1 saturated heterocycles. The first-order valence-electron chi connectivity index (χ1n) is 13.0. The van der Waals surface area contributed by atoms with E-state index in [2.05, 4.69) is 16.6 Å². The molecule has 1 aliphatic rings. The van der Waals surface area contributed by atoms with Gasteiger partial charge in [0.25, 0.3) is 0 Å². The summed E-state index contributed by atoms with van der Waals surface area (Å²) in [5, 5.41) is 5.55. The fourth-order valence-electron chi connectivity index (χ4n) is 4.69. The molecule has 208 valence electrons. The van der Waals surface area contributed by atoms with Gasteiger partial charge in [-0.1, -0.05) is 50.1 Å². The van der Waals surface area contributed by atoms with E-state index in [4.69, 9.17) is 11.2 Å². The number of para-hydroxylation sites is 1. The molecule has 3 unspecified atom stereocenters. The summed E-state index contributed by atoms with van der Waals surface area (Å²) >= 11 is 0. The van der Waals surface area contributed by atoms with Gasteiger partial charge in [0.2, 0.25) is 18.2 Å². The topological polar surface area (TPSA) is 87.7 Å². The molecule has 0 saturated carbocycles. The molecular formula is C30H35F2N3O4. The number of nitrogens with one attached hydrogen (secondary N) is 2. The zero-order valence-corrected chi connectivity index (χ0v) is 22.5. The molecule has 39 heavy (non-hydrogen) atoms. The van der Waals surface area contributed by atoms with Gasteiger partial charge in [-0.2, -0.15) is 0 Å². The lowest BCUT2D eigenvalue weighted by molar-refractivity contribution is -0.142. The van der Waals surface area contributed by atoms with Crippen LogP contribution in [-0.4, -0.2) is 47.9 Å². The van der Waals surface area contributed by atoms with Crippen LogP contribution in [0.3, 0.4) is 0 Å². The smallest absolute Gasteiger partial charge is 0.410 e. The van der Waals surface area contributed by atoms with Crippen molar-refractivity contribution >= 4 is 17.9 Å². The molecule has 3 amide bonds. The predicted octanol–water partition coefficient (Wildman–Crippen LogP) is 5.06. The van der Waals surface area contributed by atoms with Crippen molar-refractivity contribution in [1.82, 2.24) is 15.5 Å². The number of rotatable bonds is 10. The third kappa shape index (κ3) is 8.03. The van der Waals surface area contributed by atoms with Crippen molar-refractivity contribution in [2.75, 3.05) is 6.54 Å². The lowest BCUT2D eigenvalue weighted by Crippen LogP contribution is -2.58. The number of likely N-dealkylation sites (tertiary alicyclic amines) is 1. The molecule has 0 bridgehead atoms. The summed E-state index contributed by atoms with van der Waals surface area (Å²) in [7, 11) is 0. The Morgan fingerprint density at radius 2 is 1.77 bits per heavy atom. The minimum atomic E-state index is -2.56. The number of carbonyl (C=O) groups is 3. The Hall–Kier alpha value is -3.93. The van der Waals surface area contributed by atoms with E-state index >= 15 is 0 Å². The summed E-state index contributed by atoms with van der Waals surface area (Å²) in [6, 6.07) is 13.3. The average Bonchev–Trinajstić information content (AvgIpc) is 3.41. The molecule has 2 N–H and O–H groups in total. The van der Waals surface area contributed by atoms with E-state index in [1.807, 2.05) is 19.1 Å². The van der Waals surface area contributed by atoms with Crippen LogP contribution >= 0.6 is 0 Å². The molecule has 0 aromatic heterocycles. The Kier molecular flexibility index (Phi) is 10.0. The van der Waals surface area contributed by atoms with Gasteiger partial charge in [-0.05, 0) is 61.4 Å². The second-order valence-electron chi connectivity index (χ2n) is 10.4. The summed E-state index contributed by atoms with van der Waals surface area (Å²) in [5.41, 5.74) is 0.539. The van der Waals surface area contributed by atoms with E-state index in [0.29, 0.717) is 19.4 Å². The van der Waals surface area contributed by atoms with Crippen LogP contribution in [0.15, 0.2) is 54.6 Å². The van der Waals surface area contributed by atoms with Crippen molar-refractivity contribution in [1.29, 1.82) is 0 Å². The molecule has 9 heteroatoms. The van der Waals surface area contributed by atoms with Gasteiger partial charge in [0.05, 0.1) is 6.04 Å². The highest BCUT2D eigenvalue weighted by atomic mass is 19.3. The van der Waals surface area contributed by atoms with E-state index in [9.17, 15) is 23.2 Å². The van der Waals surface area contributed by atoms with Crippen LogP contribution in [-0.2, 0) is 9.59 Å². The standard InChI is InChI=1S/C30H35F2N3O4/c1-5-21-13-15-22(16-14-21)20(2)33-27(36)24-12-9-19-35(24)28(37)26(30(3,4)18-17-25(31)32)34-29(38)39-23-10-7-6-8-11-23/h1,6-8,10-11,13-16,20,24-26H,9,12,17-19H2,2-4H3,(H,33,36)(H,34,38). The Balaban J connectivity index is 1.76. The minimum absolute atomic E-state index is 0.0257. The Morgan fingerprint density at radius 1 is 1.10 bits per heavy atom. The van der Waals surface area contributed by atoms with Crippen molar-refractivity contribution in [3.05, 3.63) is 65.7 Å². The first-order valence-corrected chi connectivity index (χ1v) is 13.0. The number of benzene rings is 2. The molecule has 3 atom stereocenters. The normalized spacial score (nSPS) is 16.7. The van der Waals surface area contributed by atoms with Gasteiger partial charge in [-0.15, -0.1) is 6.42 Å². The van der Waals surface area contributed by atoms with Crippen molar-refractivity contribution in [3.8, 4) is 18.1 Å². The van der Waals surface area contributed by atoms with Crippen LogP contribution in [0.1, 0.15) is 63.6 Å². The molecular weight excluding hydrogens is 504 g/mol. The highest BCUT2D eigenvalue weighted by Crippen LogP contribution is 2.32. The summed E-state index contributed by atoms with van der Waals surface area (Å²) in [5.74, 6) is 1.98. The summed E-state index contributed by atoms with van der Waals surface area (Å²) in [6.45, 7) is 5.43. The Morgan fingerprint density at radius 3 is 2.38 bits per heavy atom. The fraction of sp³-hybridized carbons (Fsp3) is 0.433. The monoisotopic (exact) mass is 539 g/mol. The first-order chi connectivity index (χ1) is 18.5. The van der Waals surface area contributed by atoms with Gasteiger partial charge in [0.1, 0.15) is 17.8 Å². The second kappa shape index (κ2) is 13.2. The molecule has 2 aromatic carbocycles. The zero-order valence-electron chi connectivity index (χ0n) is 22.5. The first kappa shape index (κ1) is 29.6. The lowest BCUT2D eigenvalue weighted by Gasteiger charge is -2.37. The maximum atomic E-state index is 13.8. The van der Waals surface area contributed by atoms with E-state index in [0.717, 1.165) is 11.1 Å². The van der Waals surface area contributed by atoms with Gasteiger partial charge in [-0.25, -0.2) is 13.6 Å². The SMILES string of the molecule is C#Cc1ccc(C(C)NC(=O)C2CCCN2C(=O)C(NC(=O)Oc2ccccc2)C(C)(C)CCC(F)F)cc1. The van der Waals surface area contributed by atoms with E-state index in [-0.39, 0.29) is 24.1 Å². The minimum Gasteiger partial charge on any atom is -0.410 e. The van der Waals surface area contributed by atoms with Crippen LogP contribution < -0.4 is 15.4 Å². The van der Waals surface area contributed by atoms with Gasteiger partial charge in [-0.3, -0.25) is 9.59 Å². The molecule has 0 aliphatic carbocycles. The number of terminal acetylenes is 1. The van der Waals surface area contributed by atoms with Crippen molar-refractivity contribution in [3.63, 3.8) is 0 Å².